The number of primary amides is 1. The van der Waals surface area contributed by atoms with Crippen molar-refractivity contribution >= 4 is 39.1 Å². The zero-order chi connectivity index (χ0) is 12.3. The number of nitrogens with two attached hydrogens (primary N) is 1. The monoisotopic (exact) mass is 304 g/mol. The summed E-state index contributed by atoms with van der Waals surface area (Å²) in [7, 11) is 0. The molecule has 88 valence electrons. The highest BCUT2D eigenvalue weighted by molar-refractivity contribution is 9.11. The van der Waals surface area contributed by atoms with Gasteiger partial charge in [0.15, 0.2) is 0 Å². The average molecular weight is 305 g/mol. The van der Waals surface area contributed by atoms with E-state index in [4.69, 9.17) is 5.73 Å². The minimum atomic E-state index is -0.628. The van der Waals surface area contributed by atoms with Crippen molar-refractivity contribution in [1.29, 1.82) is 0 Å². The van der Waals surface area contributed by atoms with Gasteiger partial charge in [-0.2, -0.15) is 0 Å². The van der Waals surface area contributed by atoms with Crippen LogP contribution in [0.2, 0.25) is 0 Å². The Bertz CT molecular complexity index is 415. The van der Waals surface area contributed by atoms with Crippen molar-refractivity contribution in [2.75, 3.05) is 0 Å². The molecule has 1 aromatic heterocycles. The van der Waals surface area contributed by atoms with E-state index in [2.05, 4.69) is 21.2 Å². The Morgan fingerprint density at radius 1 is 1.56 bits per heavy atom. The molecule has 3 N–H and O–H groups in total. The molecule has 0 aromatic carbocycles. The summed E-state index contributed by atoms with van der Waals surface area (Å²) < 4.78 is 0.894. The van der Waals surface area contributed by atoms with Gasteiger partial charge in [-0.15, -0.1) is 11.3 Å². The summed E-state index contributed by atoms with van der Waals surface area (Å²) in [6, 6.07) is 1.74. The van der Waals surface area contributed by atoms with Crippen LogP contribution in [-0.2, 0) is 4.79 Å². The highest BCUT2D eigenvalue weighted by atomic mass is 79.9. The summed E-state index contributed by atoms with van der Waals surface area (Å²) in [6.07, 6.45) is 0.115. The molecule has 0 fully saturated rings. The molecule has 0 aliphatic carbocycles. The number of carbonyl (C=O) groups excluding carboxylic acids is 2. The van der Waals surface area contributed by atoms with Gasteiger partial charge in [-0.25, -0.2) is 0 Å². The van der Waals surface area contributed by atoms with Crippen LogP contribution in [0.4, 0.5) is 0 Å². The molecule has 6 heteroatoms. The van der Waals surface area contributed by atoms with E-state index >= 15 is 0 Å². The lowest BCUT2D eigenvalue weighted by Crippen LogP contribution is -2.45. The van der Waals surface area contributed by atoms with Crippen molar-refractivity contribution in [3.8, 4) is 0 Å². The summed E-state index contributed by atoms with van der Waals surface area (Å²) in [5.41, 5.74) is 5.05. The Kier molecular flexibility index (Phi) is 4.09. The van der Waals surface area contributed by atoms with Gasteiger partial charge in [0.2, 0.25) is 5.91 Å². The number of hydrogen-bond donors (Lipinski definition) is 2. The van der Waals surface area contributed by atoms with E-state index in [0.29, 0.717) is 5.56 Å². The van der Waals surface area contributed by atoms with E-state index in [1.54, 1.807) is 25.3 Å². The van der Waals surface area contributed by atoms with E-state index in [1.165, 1.54) is 11.3 Å². The molecule has 0 saturated heterocycles. The average Bonchev–Trinajstić information content (AvgIpc) is 2.47. The topological polar surface area (TPSA) is 72.2 Å². The van der Waals surface area contributed by atoms with Gasteiger partial charge in [-0.3, -0.25) is 9.59 Å². The fourth-order valence-electron chi connectivity index (χ4n) is 1.29. The summed E-state index contributed by atoms with van der Waals surface area (Å²) >= 11 is 4.72. The number of carbonyl (C=O) groups is 2. The molecule has 0 radical (unpaired) electrons. The summed E-state index contributed by atoms with van der Waals surface area (Å²) in [5, 5.41) is 4.51. The van der Waals surface area contributed by atoms with Crippen LogP contribution in [0, 0.1) is 0 Å². The molecule has 16 heavy (non-hydrogen) atoms. The Balaban J connectivity index is 2.67. The Morgan fingerprint density at radius 3 is 2.62 bits per heavy atom. The molecule has 0 bridgehead atoms. The van der Waals surface area contributed by atoms with Crippen molar-refractivity contribution in [2.24, 2.45) is 5.73 Å². The van der Waals surface area contributed by atoms with Crippen LogP contribution in [0.15, 0.2) is 15.2 Å². The van der Waals surface area contributed by atoms with Crippen molar-refractivity contribution in [3.05, 3.63) is 20.8 Å². The zero-order valence-corrected chi connectivity index (χ0v) is 11.4. The molecule has 0 aliphatic heterocycles. The van der Waals surface area contributed by atoms with Gasteiger partial charge in [0.25, 0.3) is 5.91 Å². The second-order valence-corrected chi connectivity index (χ2v) is 6.41. The van der Waals surface area contributed by atoms with Crippen LogP contribution in [-0.4, -0.2) is 17.4 Å². The van der Waals surface area contributed by atoms with E-state index in [0.717, 1.165) is 3.79 Å². The molecule has 0 saturated carbocycles. The predicted molar refractivity (Wildman–Crippen MR) is 67.4 cm³/mol. The molecule has 2 amide bonds. The molecular weight excluding hydrogens is 292 g/mol. The quantitative estimate of drug-likeness (QED) is 0.891. The van der Waals surface area contributed by atoms with Crippen LogP contribution in [0.5, 0.6) is 0 Å². The Hall–Kier alpha value is -0.880. The number of hydrogen-bond acceptors (Lipinski definition) is 3. The van der Waals surface area contributed by atoms with E-state index < -0.39 is 11.4 Å². The summed E-state index contributed by atoms with van der Waals surface area (Å²) in [5.74, 6) is -0.634. The Labute approximate surface area is 106 Å². The molecule has 0 aliphatic rings. The maximum Gasteiger partial charge on any atom is 0.252 e. The minimum absolute atomic E-state index is 0.115. The standard InChI is InChI=1S/C10H13BrN2O2S/c1-10(2,4-8(12)14)13-9(15)6-3-7(11)16-5-6/h3,5H,4H2,1-2H3,(H2,12,14)(H,13,15). The summed E-state index contributed by atoms with van der Waals surface area (Å²) in [4.78, 5) is 22.6. The lowest BCUT2D eigenvalue weighted by Gasteiger charge is -2.24. The fourth-order valence-corrected chi connectivity index (χ4v) is 2.43. The number of halogens is 1. The van der Waals surface area contributed by atoms with Crippen LogP contribution in [0.25, 0.3) is 0 Å². The van der Waals surface area contributed by atoms with Crippen molar-refractivity contribution in [3.63, 3.8) is 0 Å². The molecule has 1 heterocycles. The smallest absolute Gasteiger partial charge is 0.252 e. The van der Waals surface area contributed by atoms with Gasteiger partial charge in [0.1, 0.15) is 0 Å². The van der Waals surface area contributed by atoms with Crippen LogP contribution >= 0.6 is 27.3 Å². The highest BCUT2D eigenvalue weighted by Gasteiger charge is 2.23. The van der Waals surface area contributed by atoms with Gasteiger partial charge < -0.3 is 11.1 Å². The molecule has 4 nitrogen and oxygen atoms in total. The van der Waals surface area contributed by atoms with Gasteiger partial charge in [0, 0.05) is 17.3 Å². The number of amides is 2. The van der Waals surface area contributed by atoms with Crippen LogP contribution < -0.4 is 11.1 Å². The second-order valence-electron chi connectivity index (χ2n) is 4.12. The van der Waals surface area contributed by atoms with Gasteiger partial charge in [-0.05, 0) is 35.8 Å². The SMILES string of the molecule is CC(C)(CC(N)=O)NC(=O)c1csc(Br)c1. The molecular formula is C10H13BrN2O2S. The largest absolute Gasteiger partial charge is 0.370 e. The first-order chi connectivity index (χ1) is 7.30. The predicted octanol–water partition coefficient (Wildman–Crippen LogP) is 1.89. The van der Waals surface area contributed by atoms with Crippen molar-refractivity contribution < 1.29 is 9.59 Å². The fraction of sp³-hybridized carbons (Fsp3) is 0.400. The summed E-state index contributed by atoms with van der Waals surface area (Å²) in [6.45, 7) is 3.52. The first-order valence-corrected chi connectivity index (χ1v) is 6.32. The van der Waals surface area contributed by atoms with Crippen LogP contribution in [0.1, 0.15) is 30.6 Å². The number of rotatable bonds is 4. The van der Waals surface area contributed by atoms with Gasteiger partial charge in [-0.1, -0.05) is 0 Å². The molecule has 0 atom stereocenters. The highest BCUT2D eigenvalue weighted by Crippen LogP contribution is 2.21. The number of nitrogens with one attached hydrogen (secondary N) is 1. The first-order valence-electron chi connectivity index (χ1n) is 4.65. The van der Waals surface area contributed by atoms with Gasteiger partial charge >= 0.3 is 0 Å². The van der Waals surface area contributed by atoms with Gasteiger partial charge in [0.05, 0.1) is 9.35 Å². The van der Waals surface area contributed by atoms with Crippen LogP contribution in [0.3, 0.4) is 0 Å². The maximum atomic E-state index is 11.8. The molecule has 0 unspecified atom stereocenters. The number of thiophene rings is 1. The van der Waals surface area contributed by atoms with E-state index in [9.17, 15) is 9.59 Å². The van der Waals surface area contributed by atoms with Crippen molar-refractivity contribution in [2.45, 2.75) is 25.8 Å². The lowest BCUT2D eigenvalue weighted by molar-refractivity contribution is -0.119. The van der Waals surface area contributed by atoms with E-state index in [1.807, 2.05) is 0 Å². The molecule has 1 aromatic rings. The maximum absolute atomic E-state index is 11.8. The third kappa shape index (κ3) is 3.94. The normalized spacial score (nSPS) is 11.2. The second kappa shape index (κ2) is 4.97. The third-order valence-corrected chi connectivity index (χ3v) is 3.40. The Morgan fingerprint density at radius 2 is 2.19 bits per heavy atom. The zero-order valence-electron chi connectivity index (χ0n) is 9.04. The minimum Gasteiger partial charge on any atom is -0.370 e. The molecule has 1 rings (SSSR count). The third-order valence-electron chi connectivity index (χ3n) is 1.90. The first kappa shape index (κ1) is 13.2. The van der Waals surface area contributed by atoms with Crippen molar-refractivity contribution in [1.82, 2.24) is 5.32 Å². The van der Waals surface area contributed by atoms with E-state index in [-0.39, 0.29) is 12.3 Å². The lowest BCUT2D eigenvalue weighted by atomic mass is 10.00. The molecule has 0 spiro atoms.